The van der Waals surface area contributed by atoms with Gasteiger partial charge in [0.1, 0.15) is 5.76 Å². The van der Waals surface area contributed by atoms with Gasteiger partial charge in [0.25, 0.3) is 0 Å². The lowest BCUT2D eigenvalue weighted by Gasteiger charge is -2.36. The van der Waals surface area contributed by atoms with Crippen molar-refractivity contribution >= 4 is 0 Å². The molecule has 15 heavy (non-hydrogen) atoms. The first kappa shape index (κ1) is 10.3. The van der Waals surface area contributed by atoms with Gasteiger partial charge in [-0.25, -0.2) is 0 Å². The average molecular weight is 204 g/mol. The fraction of sp³-hybridized carbons (Fsp3) is 0.583. The van der Waals surface area contributed by atoms with Gasteiger partial charge in [-0.1, -0.05) is 6.42 Å². The summed E-state index contributed by atoms with van der Waals surface area (Å²) in [5, 5.41) is 9.36. The lowest BCUT2D eigenvalue weighted by Crippen LogP contribution is -2.45. The third kappa shape index (κ3) is 1.78. The van der Waals surface area contributed by atoms with Crippen molar-refractivity contribution in [1.82, 2.24) is 4.90 Å². The van der Waals surface area contributed by atoms with Crippen LogP contribution in [0.4, 0.5) is 0 Å². The van der Waals surface area contributed by atoms with Crippen LogP contribution in [0.2, 0.25) is 0 Å². The fourth-order valence-electron chi connectivity index (χ4n) is 2.18. The van der Waals surface area contributed by atoms with E-state index < -0.39 is 5.54 Å². The molecule has 3 nitrogen and oxygen atoms in total. The van der Waals surface area contributed by atoms with Crippen LogP contribution in [-0.2, 0) is 5.54 Å². The van der Waals surface area contributed by atoms with Gasteiger partial charge in [0.15, 0.2) is 5.54 Å². The second-order valence-electron chi connectivity index (χ2n) is 4.21. The Labute approximate surface area is 90.3 Å². The Morgan fingerprint density at radius 3 is 2.67 bits per heavy atom. The first-order valence-corrected chi connectivity index (χ1v) is 5.47. The van der Waals surface area contributed by atoms with Crippen molar-refractivity contribution < 1.29 is 4.42 Å². The van der Waals surface area contributed by atoms with Crippen LogP contribution in [0, 0.1) is 11.3 Å². The molecular weight excluding hydrogens is 188 g/mol. The molecule has 0 saturated carbocycles. The molecule has 1 aromatic rings. The van der Waals surface area contributed by atoms with E-state index in [1.54, 1.807) is 6.26 Å². The molecule has 2 heterocycles. The van der Waals surface area contributed by atoms with Crippen molar-refractivity contribution in [3.05, 3.63) is 24.2 Å². The monoisotopic (exact) mass is 204 g/mol. The number of nitrogens with zero attached hydrogens (tertiary/aromatic N) is 2. The summed E-state index contributed by atoms with van der Waals surface area (Å²) in [6.07, 6.45) is 5.26. The van der Waals surface area contributed by atoms with Crippen LogP contribution in [0.1, 0.15) is 31.9 Å². The predicted molar refractivity (Wildman–Crippen MR) is 57.1 cm³/mol. The summed E-state index contributed by atoms with van der Waals surface area (Å²) < 4.78 is 5.38. The molecule has 0 bridgehead atoms. The van der Waals surface area contributed by atoms with Gasteiger partial charge in [-0.2, -0.15) is 5.26 Å². The first-order valence-electron chi connectivity index (χ1n) is 5.47. The van der Waals surface area contributed by atoms with Crippen molar-refractivity contribution in [3.63, 3.8) is 0 Å². The van der Waals surface area contributed by atoms with Crippen molar-refractivity contribution in [2.75, 3.05) is 13.1 Å². The van der Waals surface area contributed by atoms with Crippen LogP contribution in [0.5, 0.6) is 0 Å². The molecule has 2 rings (SSSR count). The lowest BCUT2D eigenvalue weighted by atomic mass is 9.95. The Hall–Kier alpha value is -1.27. The summed E-state index contributed by atoms with van der Waals surface area (Å²) in [7, 11) is 0. The molecule has 0 N–H and O–H groups in total. The summed E-state index contributed by atoms with van der Waals surface area (Å²) in [4.78, 5) is 2.22. The zero-order valence-electron chi connectivity index (χ0n) is 9.07. The van der Waals surface area contributed by atoms with Crippen LogP contribution >= 0.6 is 0 Å². The van der Waals surface area contributed by atoms with E-state index in [1.807, 2.05) is 19.1 Å². The van der Waals surface area contributed by atoms with Crippen LogP contribution in [-0.4, -0.2) is 18.0 Å². The number of rotatable bonds is 2. The van der Waals surface area contributed by atoms with Gasteiger partial charge in [0, 0.05) is 13.1 Å². The second-order valence-corrected chi connectivity index (χ2v) is 4.21. The van der Waals surface area contributed by atoms with Crippen LogP contribution in [0.3, 0.4) is 0 Å². The van der Waals surface area contributed by atoms with E-state index in [-0.39, 0.29) is 0 Å². The van der Waals surface area contributed by atoms with Crippen molar-refractivity contribution in [3.8, 4) is 6.07 Å². The summed E-state index contributed by atoms with van der Waals surface area (Å²) >= 11 is 0. The molecule has 0 aliphatic carbocycles. The topological polar surface area (TPSA) is 40.2 Å². The smallest absolute Gasteiger partial charge is 0.164 e. The normalized spacial score (nSPS) is 21.9. The Balaban J connectivity index is 2.25. The quantitative estimate of drug-likeness (QED) is 0.743. The molecule has 0 spiro atoms. The van der Waals surface area contributed by atoms with E-state index in [9.17, 15) is 5.26 Å². The Kier molecular flexibility index (Phi) is 2.79. The molecule has 0 aromatic carbocycles. The van der Waals surface area contributed by atoms with E-state index in [0.717, 1.165) is 18.8 Å². The Bertz CT molecular complexity index is 346. The van der Waals surface area contributed by atoms with Crippen LogP contribution in [0.15, 0.2) is 22.8 Å². The SMILES string of the molecule is CC(C#N)(c1ccco1)N1CCCCC1. The van der Waals surface area contributed by atoms with E-state index in [2.05, 4.69) is 11.0 Å². The van der Waals surface area contributed by atoms with Gasteiger partial charge < -0.3 is 4.42 Å². The molecule has 1 aliphatic heterocycles. The molecular formula is C12H16N2O. The molecule has 1 fully saturated rings. The average Bonchev–Trinajstić information content (AvgIpc) is 2.83. The summed E-state index contributed by atoms with van der Waals surface area (Å²) in [6, 6.07) is 6.11. The van der Waals surface area contributed by atoms with Gasteiger partial charge in [-0.05, 0) is 31.9 Å². The minimum absolute atomic E-state index is 0.593. The van der Waals surface area contributed by atoms with Gasteiger partial charge >= 0.3 is 0 Å². The highest BCUT2D eigenvalue weighted by Crippen LogP contribution is 2.30. The second kappa shape index (κ2) is 4.08. The van der Waals surface area contributed by atoms with Crippen LogP contribution < -0.4 is 0 Å². The standard InChI is InChI=1S/C12H16N2O/c1-12(10-13,11-6-5-9-15-11)14-7-3-2-4-8-14/h5-6,9H,2-4,7-8H2,1H3. The molecule has 1 aromatic heterocycles. The van der Waals surface area contributed by atoms with Gasteiger partial charge in [-0.15, -0.1) is 0 Å². The molecule has 1 saturated heterocycles. The van der Waals surface area contributed by atoms with E-state index in [0.29, 0.717) is 0 Å². The molecule has 0 radical (unpaired) electrons. The molecule has 0 amide bonds. The highest BCUT2D eigenvalue weighted by molar-refractivity contribution is 5.21. The summed E-state index contributed by atoms with van der Waals surface area (Å²) in [5.74, 6) is 0.756. The van der Waals surface area contributed by atoms with E-state index >= 15 is 0 Å². The molecule has 1 atom stereocenters. The maximum Gasteiger partial charge on any atom is 0.164 e. The largest absolute Gasteiger partial charge is 0.466 e. The maximum absolute atomic E-state index is 9.36. The number of nitriles is 1. The zero-order valence-corrected chi connectivity index (χ0v) is 9.07. The number of hydrogen-bond donors (Lipinski definition) is 0. The predicted octanol–water partition coefficient (Wildman–Crippen LogP) is 2.50. The van der Waals surface area contributed by atoms with Crippen molar-refractivity contribution in [1.29, 1.82) is 5.26 Å². The van der Waals surface area contributed by atoms with Gasteiger partial charge in [0.05, 0.1) is 12.3 Å². The summed E-state index contributed by atoms with van der Waals surface area (Å²) in [6.45, 7) is 3.92. The van der Waals surface area contributed by atoms with Crippen molar-refractivity contribution in [2.24, 2.45) is 0 Å². The third-order valence-corrected chi connectivity index (χ3v) is 3.21. The third-order valence-electron chi connectivity index (χ3n) is 3.21. The fourth-order valence-corrected chi connectivity index (χ4v) is 2.18. The van der Waals surface area contributed by atoms with Crippen molar-refractivity contribution in [2.45, 2.75) is 31.7 Å². The zero-order chi connectivity index (χ0) is 10.7. The van der Waals surface area contributed by atoms with Gasteiger partial charge in [-0.3, -0.25) is 4.90 Å². The molecule has 80 valence electrons. The van der Waals surface area contributed by atoms with Crippen LogP contribution in [0.25, 0.3) is 0 Å². The first-order chi connectivity index (χ1) is 7.27. The Morgan fingerprint density at radius 1 is 1.40 bits per heavy atom. The number of furan rings is 1. The minimum Gasteiger partial charge on any atom is -0.466 e. The van der Waals surface area contributed by atoms with E-state index in [4.69, 9.17) is 4.42 Å². The number of piperidine rings is 1. The summed E-state index contributed by atoms with van der Waals surface area (Å²) in [5.41, 5.74) is -0.593. The molecule has 3 heteroatoms. The highest BCUT2D eigenvalue weighted by Gasteiger charge is 2.36. The number of hydrogen-bond acceptors (Lipinski definition) is 3. The van der Waals surface area contributed by atoms with E-state index in [1.165, 1.54) is 19.3 Å². The maximum atomic E-state index is 9.36. The lowest BCUT2D eigenvalue weighted by molar-refractivity contribution is 0.104. The highest BCUT2D eigenvalue weighted by atomic mass is 16.3. The number of likely N-dealkylation sites (tertiary alicyclic amines) is 1. The van der Waals surface area contributed by atoms with Gasteiger partial charge in [0.2, 0.25) is 0 Å². The minimum atomic E-state index is -0.593. The Morgan fingerprint density at radius 2 is 2.13 bits per heavy atom. The molecule has 1 unspecified atom stereocenters. The molecule has 1 aliphatic rings.